The van der Waals surface area contributed by atoms with Crippen molar-refractivity contribution >= 4 is 5.97 Å². The van der Waals surface area contributed by atoms with Crippen LogP contribution in [0.15, 0.2) is 0 Å². The standard InChI is InChI=1S/C13H21F3N2O2/c14-13(15,16)12(11(19)20)4-9-18(10-12)8-3-7-17-5-1-2-6-17/h1-10H2,(H,19,20). The second kappa shape index (κ2) is 5.89. The molecule has 0 aliphatic carbocycles. The molecule has 2 fully saturated rings. The van der Waals surface area contributed by atoms with Crippen LogP contribution in [0, 0.1) is 5.41 Å². The van der Waals surface area contributed by atoms with E-state index in [0.717, 1.165) is 26.1 Å². The van der Waals surface area contributed by atoms with E-state index in [-0.39, 0.29) is 13.0 Å². The summed E-state index contributed by atoms with van der Waals surface area (Å²) in [6, 6.07) is 0. The first-order valence-electron chi connectivity index (χ1n) is 7.10. The fourth-order valence-electron chi connectivity index (χ4n) is 3.13. The highest BCUT2D eigenvalue weighted by atomic mass is 19.4. The van der Waals surface area contributed by atoms with Crippen LogP contribution in [0.5, 0.6) is 0 Å². The van der Waals surface area contributed by atoms with Crippen molar-refractivity contribution in [3.63, 3.8) is 0 Å². The van der Waals surface area contributed by atoms with E-state index in [2.05, 4.69) is 4.90 Å². The third-order valence-corrected chi connectivity index (χ3v) is 4.45. The summed E-state index contributed by atoms with van der Waals surface area (Å²) in [5.74, 6) is -1.74. The van der Waals surface area contributed by atoms with Crippen molar-refractivity contribution in [3.8, 4) is 0 Å². The van der Waals surface area contributed by atoms with Crippen molar-refractivity contribution in [1.82, 2.24) is 9.80 Å². The summed E-state index contributed by atoms with van der Waals surface area (Å²) in [5.41, 5.74) is -2.57. The largest absolute Gasteiger partial charge is 0.481 e. The molecule has 0 aromatic rings. The lowest BCUT2D eigenvalue weighted by molar-refractivity contribution is -0.227. The number of carbonyl (C=O) groups is 1. The minimum Gasteiger partial charge on any atom is -0.481 e. The van der Waals surface area contributed by atoms with Gasteiger partial charge in [0.1, 0.15) is 0 Å². The van der Waals surface area contributed by atoms with E-state index in [1.807, 2.05) is 0 Å². The normalized spacial score (nSPS) is 29.1. The van der Waals surface area contributed by atoms with Gasteiger partial charge in [-0.1, -0.05) is 0 Å². The zero-order valence-electron chi connectivity index (χ0n) is 11.5. The molecule has 0 amide bonds. The van der Waals surface area contributed by atoms with Gasteiger partial charge in [0.2, 0.25) is 0 Å². The summed E-state index contributed by atoms with van der Waals surface area (Å²) in [6.45, 7) is 3.38. The van der Waals surface area contributed by atoms with Crippen molar-refractivity contribution in [3.05, 3.63) is 0 Å². The van der Waals surface area contributed by atoms with Crippen LogP contribution < -0.4 is 0 Å². The van der Waals surface area contributed by atoms with Crippen LogP contribution in [0.1, 0.15) is 25.7 Å². The van der Waals surface area contributed by atoms with E-state index in [1.54, 1.807) is 4.90 Å². The summed E-state index contributed by atoms with van der Waals surface area (Å²) in [4.78, 5) is 15.0. The number of nitrogens with zero attached hydrogens (tertiary/aromatic N) is 2. The van der Waals surface area contributed by atoms with Gasteiger partial charge in [0, 0.05) is 6.54 Å². The minimum absolute atomic E-state index is 0.214. The molecule has 2 saturated heterocycles. The topological polar surface area (TPSA) is 43.8 Å². The van der Waals surface area contributed by atoms with Crippen molar-refractivity contribution in [1.29, 1.82) is 0 Å². The molecule has 0 bridgehead atoms. The molecule has 2 heterocycles. The zero-order chi connectivity index (χ0) is 14.8. The lowest BCUT2D eigenvalue weighted by Crippen LogP contribution is -2.47. The molecule has 0 saturated carbocycles. The molecule has 4 nitrogen and oxygen atoms in total. The molecule has 0 aromatic heterocycles. The smallest absolute Gasteiger partial charge is 0.406 e. The molecule has 2 aliphatic heterocycles. The first-order valence-corrected chi connectivity index (χ1v) is 7.10. The maximum Gasteiger partial charge on any atom is 0.406 e. The SMILES string of the molecule is O=C(O)C1(C(F)(F)F)CCN(CCCN2CCCC2)C1. The molecule has 0 aromatic carbocycles. The number of hydrogen-bond donors (Lipinski definition) is 1. The molecular formula is C13H21F3N2O2. The average Bonchev–Trinajstić information content (AvgIpc) is 2.97. The van der Waals surface area contributed by atoms with Crippen molar-refractivity contribution in [2.45, 2.75) is 31.9 Å². The van der Waals surface area contributed by atoms with Crippen LogP contribution in [0.3, 0.4) is 0 Å². The maximum absolute atomic E-state index is 13.0. The summed E-state index contributed by atoms with van der Waals surface area (Å²) >= 11 is 0. The van der Waals surface area contributed by atoms with Gasteiger partial charge >= 0.3 is 12.1 Å². The number of aliphatic carboxylic acids is 1. The van der Waals surface area contributed by atoms with Gasteiger partial charge in [-0.25, -0.2) is 0 Å². The van der Waals surface area contributed by atoms with Gasteiger partial charge in [-0.15, -0.1) is 0 Å². The van der Waals surface area contributed by atoms with Crippen molar-refractivity contribution in [2.24, 2.45) is 5.41 Å². The monoisotopic (exact) mass is 294 g/mol. The highest BCUT2D eigenvalue weighted by molar-refractivity contribution is 5.76. The molecule has 7 heteroatoms. The van der Waals surface area contributed by atoms with Crippen LogP contribution in [-0.4, -0.2) is 66.3 Å². The summed E-state index contributed by atoms with van der Waals surface area (Å²) < 4.78 is 39.0. The Bertz CT molecular complexity index is 356. The van der Waals surface area contributed by atoms with Crippen molar-refractivity contribution in [2.75, 3.05) is 39.3 Å². The van der Waals surface area contributed by atoms with E-state index in [0.29, 0.717) is 6.54 Å². The Morgan fingerprint density at radius 1 is 1.10 bits per heavy atom. The first kappa shape index (κ1) is 15.6. The van der Waals surface area contributed by atoms with Gasteiger partial charge in [0.05, 0.1) is 0 Å². The second-order valence-corrected chi connectivity index (χ2v) is 5.81. The predicted octanol–water partition coefficient (Wildman–Crippen LogP) is 1.81. The first-order chi connectivity index (χ1) is 9.35. The maximum atomic E-state index is 13.0. The van der Waals surface area contributed by atoms with Crippen LogP contribution in [0.2, 0.25) is 0 Å². The highest BCUT2D eigenvalue weighted by Crippen LogP contribution is 2.45. The number of alkyl halides is 3. The Morgan fingerprint density at radius 2 is 1.70 bits per heavy atom. The van der Waals surface area contributed by atoms with Crippen LogP contribution in [0.25, 0.3) is 0 Å². The minimum atomic E-state index is -4.68. The lowest BCUT2D eigenvalue weighted by atomic mass is 9.86. The molecule has 0 spiro atoms. The van der Waals surface area contributed by atoms with E-state index in [1.165, 1.54) is 12.8 Å². The molecule has 2 rings (SSSR count). The van der Waals surface area contributed by atoms with Gasteiger partial charge in [0.15, 0.2) is 5.41 Å². The zero-order valence-corrected chi connectivity index (χ0v) is 11.5. The summed E-state index contributed by atoms with van der Waals surface area (Å²) in [5, 5.41) is 8.96. The number of halogens is 3. The highest BCUT2D eigenvalue weighted by Gasteiger charge is 2.63. The summed E-state index contributed by atoms with van der Waals surface area (Å²) in [6.07, 6.45) is -1.83. The quantitative estimate of drug-likeness (QED) is 0.840. The molecule has 1 atom stereocenters. The molecule has 1 unspecified atom stereocenters. The number of carboxylic acids is 1. The predicted molar refractivity (Wildman–Crippen MR) is 67.5 cm³/mol. The average molecular weight is 294 g/mol. The van der Waals surface area contributed by atoms with Gasteiger partial charge in [0.25, 0.3) is 0 Å². The van der Waals surface area contributed by atoms with Crippen LogP contribution in [0.4, 0.5) is 13.2 Å². The van der Waals surface area contributed by atoms with Crippen LogP contribution in [-0.2, 0) is 4.79 Å². The number of hydrogen-bond acceptors (Lipinski definition) is 3. The number of carboxylic acid groups (broad SMARTS) is 1. The molecule has 116 valence electrons. The fraction of sp³-hybridized carbons (Fsp3) is 0.923. The Kier molecular flexibility index (Phi) is 4.59. The molecular weight excluding hydrogens is 273 g/mol. The molecule has 20 heavy (non-hydrogen) atoms. The molecule has 2 aliphatic rings. The van der Waals surface area contributed by atoms with Gasteiger partial charge < -0.3 is 14.9 Å². The second-order valence-electron chi connectivity index (χ2n) is 5.81. The van der Waals surface area contributed by atoms with Gasteiger partial charge in [-0.2, -0.15) is 13.2 Å². The number of rotatable bonds is 5. The lowest BCUT2D eigenvalue weighted by Gasteiger charge is -2.27. The molecule has 1 N–H and O–H groups in total. The van der Waals surface area contributed by atoms with Crippen molar-refractivity contribution < 1.29 is 23.1 Å². The third kappa shape index (κ3) is 3.09. The van der Waals surface area contributed by atoms with E-state index < -0.39 is 24.1 Å². The summed E-state index contributed by atoms with van der Waals surface area (Å²) in [7, 11) is 0. The fourth-order valence-corrected chi connectivity index (χ4v) is 3.13. The van der Waals surface area contributed by atoms with Gasteiger partial charge in [-0.05, 0) is 58.4 Å². The third-order valence-electron chi connectivity index (χ3n) is 4.45. The Labute approximate surface area is 116 Å². The van der Waals surface area contributed by atoms with E-state index in [9.17, 15) is 18.0 Å². The van der Waals surface area contributed by atoms with E-state index in [4.69, 9.17) is 5.11 Å². The Hall–Kier alpha value is -0.820. The van der Waals surface area contributed by atoms with E-state index >= 15 is 0 Å². The number of likely N-dealkylation sites (tertiary alicyclic amines) is 2. The van der Waals surface area contributed by atoms with Crippen LogP contribution >= 0.6 is 0 Å². The Balaban J connectivity index is 1.82. The Morgan fingerprint density at radius 3 is 2.20 bits per heavy atom. The van der Waals surface area contributed by atoms with Gasteiger partial charge in [-0.3, -0.25) is 4.79 Å². The molecule has 0 radical (unpaired) electrons.